The molecule has 27 heavy (non-hydrogen) atoms. The molecule has 1 spiro atoms. The van der Waals surface area contributed by atoms with E-state index in [0.29, 0.717) is 50.4 Å². The van der Waals surface area contributed by atoms with Gasteiger partial charge in [-0.2, -0.15) is 0 Å². The summed E-state index contributed by atoms with van der Waals surface area (Å²) >= 11 is 0. The van der Waals surface area contributed by atoms with E-state index < -0.39 is 0 Å². The Morgan fingerprint density at radius 1 is 1.22 bits per heavy atom. The van der Waals surface area contributed by atoms with Crippen molar-refractivity contribution in [3.05, 3.63) is 29.8 Å². The van der Waals surface area contributed by atoms with Crippen LogP contribution >= 0.6 is 0 Å². The minimum absolute atomic E-state index is 0.0259. The first-order chi connectivity index (χ1) is 13.1. The number of carbonyl (C=O) groups excluding carboxylic acids is 2. The number of amides is 2. The molecule has 0 radical (unpaired) electrons. The van der Waals surface area contributed by atoms with Crippen LogP contribution in [-0.4, -0.2) is 66.1 Å². The minimum Gasteiger partial charge on any atom is -0.493 e. The van der Waals surface area contributed by atoms with Crippen LogP contribution in [0, 0.1) is 5.41 Å². The van der Waals surface area contributed by atoms with Gasteiger partial charge in [0, 0.05) is 39.2 Å². The Labute approximate surface area is 161 Å². The fourth-order valence-corrected chi connectivity index (χ4v) is 4.25. The molecule has 3 rings (SSSR count). The fraction of sp³-hybridized carbons (Fsp3) is 0.619. The highest BCUT2D eigenvalue weighted by atomic mass is 16.5. The summed E-state index contributed by atoms with van der Waals surface area (Å²) in [6, 6.07) is 7.42. The number of ether oxygens (including phenoxy) is 1. The number of likely N-dealkylation sites (tertiary alicyclic amines) is 2. The van der Waals surface area contributed by atoms with Gasteiger partial charge in [0.1, 0.15) is 5.75 Å². The standard InChI is InChI=1S/C21H30N2O4/c1-2-27-18-7-4-3-6-17(18)20(26)22-13-10-21(11-14-22)9-8-19(25)23(16-21)12-5-15-24/h3-4,6-7,24H,2,5,8-16H2,1H3. The molecule has 2 heterocycles. The van der Waals surface area contributed by atoms with Gasteiger partial charge in [0.05, 0.1) is 12.2 Å². The Balaban J connectivity index is 1.63. The molecule has 0 aromatic heterocycles. The third kappa shape index (κ3) is 4.43. The van der Waals surface area contributed by atoms with E-state index in [-0.39, 0.29) is 23.8 Å². The van der Waals surface area contributed by atoms with Gasteiger partial charge >= 0.3 is 0 Å². The second-order valence-corrected chi connectivity index (χ2v) is 7.61. The van der Waals surface area contributed by atoms with Crippen LogP contribution in [0.1, 0.15) is 49.4 Å². The highest BCUT2D eigenvalue weighted by Gasteiger charge is 2.41. The molecule has 2 aliphatic rings. The van der Waals surface area contributed by atoms with Gasteiger partial charge in [-0.3, -0.25) is 9.59 Å². The number of nitrogens with zero attached hydrogens (tertiary/aromatic N) is 2. The molecular weight excluding hydrogens is 344 g/mol. The molecule has 6 nitrogen and oxygen atoms in total. The Morgan fingerprint density at radius 3 is 2.67 bits per heavy atom. The second-order valence-electron chi connectivity index (χ2n) is 7.61. The zero-order valence-corrected chi connectivity index (χ0v) is 16.2. The molecule has 0 unspecified atom stereocenters. The van der Waals surface area contributed by atoms with Gasteiger partial charge < -0.3 is 19.6 Å². The van der Waals surface area contributed by atoms with Crippen molar-refractivity contribution >= 4 is 11.8 Å². The monoisotopic (exact) mass is 374 g/mol. The first-order valence-electron chi connectivity index (χ1n) is 9.98. The van der Waals surface area contributed by atoms with Crippen LogP contribution in [-0.2, 0) is 4.79 Å². The normalized spacial score (nSPS) is 19.4. The van der Waals surface area contributed by atoms with E-state index in [4.69, 9.17) is 9.84 Å². The van der Waals surface area contributed by atoms with Crippen molar-refractivity contribution in [1.29, 1.82) is 0 Å². The average Bonchev–Trinajstić information content (AvgIpc) is 2.70. The van der Waals surface area contributed by atoms with Crippen molar-refractivity contribution < 1.29 is 19.4 Å². The summed E-state index contributed by atoms with van der Waals surface area (Å²) in [5.41, 5.74) is 0.734. The van der Waals surface area contributed by atoms with Gasteiger partial charge in [-0.05, 0) is 50.2 Å². The number of piperidine rings is 2. The van der Waals surface area contributed by atoms with E-state index in [9.17, 15) is 9.59 Å². The number of carbonyl (C=O) groups is 2. The molecule has 0 saturated carbocycles. The van der Waals surface area contributed by atoms with E-state index in [1.807, 2.05) is 41.0 Å². The van der Waals surface area contributed by atoms with E-state index in [1.54, 1.807) is 0 Å². The number of para-hydroxylation sites is 1. The van der Waals surface area contributed by atoms with Crippen molar-refractivity contribution in [2.75, 3.05) is 39.4 Å². The molecule has 1 aromatic carbocycles. The second kappa shape index (κ2) is 8.74. The maximum absolute atomic E-state index is 13.0. The number of aliphatic hydroxyl groups excluding tert-OH is 1. The number of benzene rings is 1. The highest BCUT2D eigenvalue weighted by Crippen LogP contribution is 2.40. The van der Waals surface area contributed by atoms with Crippen molar-refractivity contribution in [1.82, 2.24) is 9.80 Å². The quantitative estimate of drug-likeness (QED) is 0.830. The van der Waals surface area contributed by atoms with Crippen LogP contribution in [0.3, 0.4) is 0 Å². The Morgan fingerprint density at radius 2 is 1.96 bits per heavy atom. The van der Waals surface area contributed by atoms with Crippen molar-refractivity contribution in [2.24, 2.45) is 5.41 Å². The molecule has 2 saturated heterocycles. The Bertz CT molecular complexity index is 668. The number of hydrogen-bond donors (Lipinski definition) is 1. The number of rotatable bonds is 6. The third-order valence-corrected chi connectivity index (χ3v) is 5.86. The van der Waals surface area contributed by atoms with Crippen LogP contribution in [0.25, 0.3) is 0 Å². The zero-order chi connectivity index (χ0) is 19.3. The molecule has 0 atom stereocenters. The summed E-state index contributed by atoms with van der Waals surface area (Å²) in [6.45, 7) is 5.36. The lowest BCUT2D eigenvalue weighted by Crippen LogP contribution is -2.52. The molecule has 1 aromatic rings. The maximum Gasteiger partial charge on any atom is 0.257 e. The molecular formula is C21H30N2O4. The zero-order valence-electron chi connectivity index (χ0n) is 16.2. The molecule has 2 amide bonds. The largest absolute Gasteiger partial charge is 0.493 e. The summed E-state index contributed by atoms with van der Waals surface area (Å²) in [6.07, 6.45) is 3.93. The molecule has 0 bridgehead atoms. The summed E-state index contributed by atoms with van der Waals surface area (Å²) < 4.78 is 5.61. The maximum atomic E-state index is 13.0. The van der Waals surface area contributed by atoms with Crippen LogP contribution in [0.5, 0.6) is 5.75 Å². The molecule has 6 heteroatoms. The average molecular weight is 374 g/mol. The Kier molecular flexibility index (Phi) is 6.37. The van der Waals surface area contributed by atoms with Crippen LogP contribution < -0.4 is 4.74 Å². The molecule has 2 aliphatic heterocycles. The highest BCUT2D eigenvalue weighted by molar-refractivity contribution is 5.97. The predicted molar refractivity (Wildman–Crippen MR) is 103 cm³/mol. The van der Waals surface area contributed by atoms with Gasteiger partial charge in [-0.15, -0.1) is 0 Å². The van der Waals surface area contributed by atoms with Gasteiger partial charge in [0.25, 0.3) is 5.91 Å². The van der Waals surface area contributed by atoms with Crippen molar-refractivity contribution in [3.63, 3.8) is 0 Å². The number of aliphatic hydroxyl groups is 1. The molecule has 2 fully saturated rings. The Hall–Kier alpha value is -2.08. The molecule has 0 aliphatic carbocycles. The third-order valence-electron chi connectivity index (χ3n) is 5.86. The van der Waals surface area contributed by atoms with E-state index >= 15 is 0 Å². The lowest BCUT2D eigenvalue weighted by molar-refractivity contribution is -0.139. The van der Waals surface area contributed by atoms with Crippen molar-refractivity contribution in [2.45, 2.75) is 39.0 Å². The molecule has 1 N–H and O–H groups in total. The van der Waals surface area contributed by atoms with Gasteiger partial charge in [-0.1, -0.05) is 12.1 Å². The van der Waals surface area contributed by atoms with E-state index in [0.717, 1.165) is 25.8 Å². The first-order valence-corrected chi connectivity index (χ1v) is 9.98. The summed E-state index contributed by atoms with van der Waals surface area (Å²) in [7, 11) is 0. The first kappa shape index (κ1) is 19.7. The van der Waals surface area contributed by atoms with E-state index in [1.165, 1.54) is 0 Å². The SMILES string of the molecule is CCOc1ccccc1C(=O)N1CCC2(CCC(=O)N(CCCO)C2)CC1. The summed E-state index contributed by atoms with van der Waals surface area (Å²) in [5, 5.41) is 9.06. The van der Waals surface area contributed by atoms with Crippen LogP contribution in [0.15, 0.2) is 24.3 Å². The lowest BCUT2D eigenvalue weighted by Gasteiger charge is -2.47. The van der Waals surface area contributed by atoms with Gasteiger partial charge in [0.2, 0.25) is 5.91 Å². The fourth-order valence-electron chi connectivity index (χ4n) is 4.25. The number of hydrogen-bond acceptors (Lipinski definition) is 4. The predicted octanol–water partition coefficient (Wildman–Crippen LogP) is 2.31. The summed E-state index contributed by atoms with van der Waals surface area (Å²) in [4.78, 5) is 28.9. The minimum atomic E-state index is 0.0259. The van der Waals surface area contributed by atoms with Crippen LogP contribution in [0.4, 0.5) is 0 Å². The van der Waals surface area contributed by atoms with Gasteiger partial charge in [0.15, 0.2) is 0 Å². The van der Waals surface area contributed by atoms with Crippen LogP contribution in [0.2, 0.25) is 0 Å². The van der Waals surface area contributed by atoms with Gasteiger partial charge in [-0.25, -0.2) is 0 Å². The topological polar surface area (TPSA) is 70.1 Å². The van der Waals surface area contributed by atoms with E-state index in [2.05, 4.69) is 0 Å². The van der Waals surface area contributed by atoms with Crippen molar-refractivity contribution in [3.8, 4) is 5.75 Å². The molecule has 148 valence electrons. The summed E-state index contributed by atoms with van der Waals surface area (Å²) in [5.74, 6) is 0.861. The lowest BCUT2D eigenvalue weighted by atomic mass is 9.72. The smallest absolute Gasteiger partial charge is 0.257 e.